The number of fused-ring (bicyclic) bond motifs is 1. The van der Waals surface area contributed by atoms with Gasteiger partial charge in [0.05, 0.1) is 17.1 Å². The van der Waals surface area contributed by atoms with Crippen LogP contribution >= 0.6 is 0 Å². The van der Waals surface area contributed by atoms with Crippen LogP contribution in [0.5, 0.6) is 0 Å². The van der Waals surface area contributed by atoms with Gasteiger partial charge in [0, 0.05) is 12.1 Å². The molecule has 0 saturated carbocycles. The number of hydrogen-bond acceptors (Lipinski definition) is 3. The van der Waals surface area contributed by atoms with E-state index in [-0.39, 0.29) is 6.04 Å². The predicted octanol–water partition coefficient (Wildman–Crippen LogP) is 3.42. The lowest BCUT2D eigenvalue weighted by Gasteiger charge is -2.22. The molecule has 25 heavy (non-hydrogen) atoms. The Balaban J connectivity index is 1.61. The average molecular weight is 333 g/mol. The molecule has 0 bridgehead atoms. The molecule has 1 fully saturated rings. The topological polar surface area (TPSA) is 66.1 Å². The molecule has 1 saturated heterocycles. The lowest BCUT2D eigenvalue weighted by molar-refractivity contribution is -0.127. The van der Waals surface area contributed by atoms with Crippen LogP contribution in [0.3, 0.4) is 0 Å². The van der Waals surface area contributed by atoms with E-state index in [0.717, 1.165) is 35.3 Å². The molecule has 0 aliphatic carbocycles. The van der Waals surface area contributed by atoms with Crippen LogP contribution in [-0.2, 0) is 4.79 Å². The number of nitrogens with one attached hydrogen (secondary N) is 1. The van der Waals surface area contributed by atoms with Gasteiger partial charge in [0.15, 0.2) is 0 Å². The van der Waals surface area contributed by atoms with E-state index < -0.39 is 11.7 Å². The molecule has 1 aromatic heterocycles. The van der Waals surface area contributed by atoms with Crippen LogP contribution in [-0.4, -0.2) is 33.1 Å². The minimum Gasteiger partial charge on any atom is -0.340 e. The number of ketones is 1. The monoisotopic (exact) mass is 333 g/mol. The fraction of sp³-hybridized carbons (Fsp3) is 0.250. The van der Waals surface area contributed by atoms with Crippen molar-refractivity contribution in [2.75, 3.05) is 6.54 Å². The van der Waals surface area contributed by atoms with E-state index in [1.807, 2.05) is 43.3 Å². The zero-order chi connectivity index (χ0) is 17.4. The number of H-pyrrole nitrogens is 1. The highest BCUT2D eigenvalue weighted by molar-refractivity contribution is 6.42. The number of aromatic nitrogens is 2. The van der Waals surface area contributed by atoms with Gasteiger partial charge in [0.2, 0.25) is 5.78 Å². The van der Waals surface area contributed by atoms with Crippen LogP contribution in [0.15, 0.2) is 48.5 Å². The van der Waals surface area contributed by atoms with Crippen molar-refractivity contribution in [3.05, 3.63) is 65.5 Å². The van der Waals surface area contributed by atoms with Gasteiger partial charge in [0.25, 0.3) is 5.91 Å². The maximum atomic E-state index is 12.8. The molecule has 1 amide bonds. The van der Waals surface area contributed by atoms with E-state index in [1.165, 1.54) is 0 Å². The van der Waals surface area contributed by atoms with E-state index in [4.69, 9.17) is 0 Å². The number of nitrogens with zero attached hydrogens (tertiary/aromatic N) is 2. The van der Waals surface area contributed by atoms with Gasteiger partial charge in [-0.2, -0.15) is 0 Å². The molecule has 126 valence electrons. The zero-order valence-corrected chi connectivity index (χ0v) is 14.0. The van der Waals surface area contributed by atoms with Crippen LogP contribution in [0.1, 0.15) is 40.6 Å². The Morgan fingerprint density at radius 2 is 1.88 bits per heavy atom. The summed E-state index contributed by atoms with van der Waals surface area (Å²) in [7, 11) is 0. The molecule has 0 spiro atoms. The van der Waals surface area contributed by atoms with Crippen molar-refractivity contribution >= 4 is 22.7 Å². The second-order valence-electron chi connectivity index (χ2n) is 6.49. The molecule has 0 radical (unpaired) electrons. The van der Waals surface area contributed by atoms with Crippen molar-refractivity contribution in [3.63, 3.8) is 0 Å². The first-order valence-electron chi connectivity index (χ1n) is 8.50. The van der Waals surface area contributed by atoms with Gasteiger partial charge in [-0.25, -0.2) is 4.98 Å². The third kappa shape index (κ3) is 2.82. The number of likely N-dealkylation sites (tertiary alicyclic amines) is 1. The Hall–Kier alpha value is -2.95. The molecule has 1 aliphatic rings. The lowest BCUT2D eigenvalue weighted by atomic mass is 10.1. The molecule has 5 heteroatoms. The maximum Gasteiger partial charge on any atom is 0.295 e. The number of amides is 1. The number of para-hydroxylation sites is 2. The Labute approximate surface area is 145 Å². The summed E-state index contributed by atoms with van der Waals surface area (Å²) in [6, 6.07) is 14.7. The molecule has 3 aromatic rings. The number of carbonyl (C=O) groups excluding carboxylic acids is 2. The molecular formula is C20H19N3O2. The van der Waals surface area contributed by atoms with E-state index >= 15 is 0 Å². The first-order chi connectivity index (χ1) is 12.1. The number of aryl methyl sites for hydroxylation is 1. The molecule has 1 N–H and O–H groups in total. The van der Waals surface area contributed by atoms with Crippen molar-refractivity contribution in [3.8, 4) is 0 Å². The van der Waals surface area contributed by atoms with E-state index in [0.29, 0.717) is 12.1 Å². The van der Waals surface area contributed by atoms with Gasteiger partial charge in [-0.3, -0.25) is 9.59 Å². The second kappa shape index (κ2) is 6.16. The van der Waals surface area contributed by atoms with Crippen LogP contribution in [0.4, 0.5) is 0 Å². The average Bonchev–Trinajstić information content (AvgIpc) is 3.27. The summed E-state index contributed by atoms with van der Waals surface area (Å²) in [5.41, 5.74) is 3.32. The summed E-state index contributed by atoms with van der Waals surface area (Å²) in [6.45, 7) is 2.53. The fourth-order valence-electron chi connectivity index (χ4n) is 3.38. The normalized spacial score (nSPS) is 17.2. The SMILES string of the molecule is Cc1ccc(C(=O)C(=O)N2CCC[C@@H]2c2nc3ccccc3[nH]2)cc1. The smallest absolute Gasteiger partial charge is 0.295 e. The number of imidazole rings is 1. The molecule has 5 nitrogen and oxygen atoms in total. The van der Waals surface area contributed by atoms with Gasteiger partial charge >= 0.3 is 0 Å². The third-order valence-corrected chi connectivity index (χ3v) is 4.74. The standard InChI is InChI=1S/C20H19N3O2/c1-13-8-10-14(11-9-13)18(24)20(25)23-12-4-7-17(23)19-21-15-5-2-3-6-16(15)22-19/h2-3,5-6,8-11,17H,4,7,12H2,1H3,(H,21,22)/t17-/m1/s1. The lowest BCUT2D eigenvalue weighted by Crippen LogP contribution is -2.36. The fourth-order valence-corrected chi connectivity index (χ4v) is 3.38. The van der Waals surface area contributed by atoms with Crippen molar-refractivity contribution in [2.24, 2.45) is 0 Å². The van der Waals surface area contributed by atoms with Gasteiger partial charge in [-0.15, -0.1) is 0 Å². The number of rotatable bonds is 3. The molecule has 1 aliphatic heterocycles. The van der Waals surface area contributed by atoms with Gasteiger partial charge in [-0.1, -0.05) is 42.0 Å². The van der Waals surface area contributed by atoms with Crippen molar-refractivity contribution in [1.29, 1.82) is 0 Å². The van der Waals surface area contributed by atoms with Crippen molar-refractivity contribution in [2.45, 2.75) is 25.8 Å². The third-order valence-electron chi connectivity index (χ3n) is 4.74. The Kier molecular flexibility index (Phi) is 3.84. The first kappa shape index (κ1) is 15.6. The van der Waals surface area contributed by atoms with Gasteiger partial charge in [0.1, 0.15) is 5.82 Å². The summed E-state index contributed by atoms with van der Waals surface area (Å²) in [4.78, 5) is 34.9. The van der Waals surface area contributed by atoms with Crippen LogP contribution in [0.25, 0.3) is 11.0 Å². The highest BCUT2D eigenvalue weighted by Gasteiger charge is 2.35. The zero-order valence-electron chi connectivity index (χ0n) is 14.0. The van der Waals surface area contributed by atoms with Gasteiger partial charge in [-0.05, 0) is 31.9 Å². The minimum atomic E-state index is -0.456. The number of aromatic amines is 1. The molecule has 2 aromatic carbocycles. The van der Waals surface area contributed by atoms with Crippen LogP contribution in [0, 0.1) is 6.92 Å². The number of hydrogen-bond donors (Lipinski definition) is 1. The quantitative estimate of drug-likeness (QED) is 0.590. The minimum absolute atomic E-state index is 0.172. The summed E-state index contributed by atoms with van der Waals surface area (Å²) < 4.78 is 0. The molecule has 0 unspecified atom stereocenters. The Morgan fingerprint density at radius 1 is 1.12 bits per heavy atom. The van der Waals surface area contributed by atoms with Crippen LogP contribution in [0.2, 0.25) is 0 Å². The van der Waals surface area contributed by atoms with E-state index in [1.54, 1.807) is 17.0 Å². The van der Waals surface area contributed by atoms with Crippen molar-refractivity contribution < 1.29 is 9.59 Å². The maximum absolute atomic E-state index is 12.8. The number of benzene rings is 2. The largest absolute Gasteiger partial charge is 0.340 e. The van der Waals surface area contributed by atoms with Crippen LogP contribution < -0.4 is 0 Å². The Bertz CT molecular complexity index is 910. The first-order valence-corrected chi connectivity index (χ1v) is 8.50. The van der Waals surface area contributed by atoms with E-state index in [2.05, 4.69) is 9.97 Å². The highest BCUT2D eigenvalue weighted by atomic mass is 16.2. The summed E-state index contributed by atoms with van der Waals surface area (Å²) >= 11 is 0. The summed E-state index contributed by atoms with van der Waals surface area (Å²) in [6.07, 6.45) is 1.68. The van der Waals surface area contributed by atoms with Gasteiger partial charge < -0.3 is 9.88 Å². The predicted molar refractivity (Wildman–Crippen MR) is 95.3 cm³/mol. The van der Waals surface area contributed by atoms with E-state index in [9.17, 15) is 9.59 Å². The second-order valence-corrected chi connectivity index (χ2v) is 6.49. The van der Waals surface area contributed by atoms with Crippen molar-refractivity contribution in [1.82, 2.24) is 14.9 Å². The molecule has 2 heterocycles. The molecule has 1 atom stereocenters. The highest BCUT2D eigenvalue weighted by Crippen LogP contribution is 2.31. The molecule has 4 rings (SSSR count). The number of Topliss-reactive ketones (excluding diaryl/α,β-unsaturated/α-hetero) is 1. The number of carbonyl (C=O) groups is 2. The Morgan fingerprint density at radius 3 is 2.64 bits per heavy atom. The summed E-state index contributed by atoms with van der Waals surface area (Å²) in [5, 5.41) is 0. The molecular weight excluding hydrogens is 314 g/mol. The summed E-state index contributed by atoms with van der Waals surface area (Å²) in [5.74, 6) is -0.154.